The monoisotopic (exact) mass is 332 g/mol. The quantitative estimate of drug-likeness (QED) is 0.841. The summed E-state index contributed by atoms with van der Waals surface area (Å²) in [5.74, 6) is -0.316. The van der Waals surface area contributed by atoms with Crippen LogP contribution in [0.25, 0.3) is 0 Å². The Hall–Kier alpha value is -1.91. The van der Waals surface area contributed by atoms with E-state index in [4.69, 9.17) is 23.8 Å². The molecule has 0 aliphatic heterocycles. The van der Waals surface area contributed by atoms with Crippen LogP contribution in [0.5, 0.6) is 0 Å². The molecule has 2 aromatic carbocycles. The van der Waals surface area contributed by atoms with Gasteiger partial charge in [0.1, 0.15) is 0 Å². The van der Waals surface area contributed by atoms with Crippen LogP contribution in [0.15, 0.2) is 42.5 Å². The van der Waals surface area contributed by atoms with Crippen LogP contribution in [0, 0.1) is 13.8 Å². The van der Waals surface area contributed by atoms with Crippen LogP contribution in [0.2, 0.25) is 5.02 Å². The Kier molecular flexibility index (Phi) is 5.52. The summed E-state index contributed by atoms with van der Waals surface area (Å²) in [4.78, 5) is 12.1. The first-order valence-corrected chi connectivity index (χ1v) is 7.65. The molecule has 5 heteroatoms. The molecule has 0 radical (unpaired) electrons. The number of rotatable bonds is 3. The summed E-state index contributed by atoms with van der Waals surface area (Å²) in [6, 6.07) is 13.1. The first-order chi connectivity index (χ1) is 10.5. The second kappa shape index (κ2) is 7.38. The van der Waals surface area contributed by atoms with Crippen LogP contribution < -0.4 is 10.6 Å². The molecule has 0 heterocycles. The number of hydrogen-bond acceptors (Lipinski definition) is 2. The maximum Gasteiger partial charge on any atom is 0.258 e. The van der Waals surface area contributed by atoms with Crippen LogP contribution in [-0.2, 0) is 6.54 Å². The number of amides is 1. The lowest BCUT2D eigenvalue weighted by Crippen LogP contribution is -2.38. The maximum atomic E-state index is 12.1. The van der Waals surface area contributed by atoms with E-state index >= 15 is 0 Å². The van der Waals surface area contributed by atoms with Gasteiger partial charge in [-0.2, -0.15) is 0 Å². The minimum atomic E-state index is -0.316. The molecule has 0 saturated carbocycles. The molecular weight excluding hydrogens is 316 g/mol. The lowest BCUT2D eigenvalue weighted by molar-refractivity contribution is 0.0977. The molecule has 22 heavy (non-hydrogen) atoms. The molecule has 2 rings (SSSR count). The average molecular weight is 333 g/mol. The summed E-state index contributed by atoms with van der Waals surface area (Å²) < 4.78 is 0. The lowest BCUT2D eigenvalue weighted by Gasteiger charge is -2.11. The Morgan fingerprint density at radius 1 is 1.14 bits per heavy atom. The number of carbonyl (C=O) groups is 1. The summed E-state index contributed by atoms with van der Waals surface area (Å²) >= 11 is 11.1. The van der Waals surface area contributed by atoms with E-state index in [0.29, 0.717) is 17.1 Å². The third kappa shape index (κ3) is 4.55. The Balaban J connectivity index is 1.93. The second-order valence-corrected chi connectivity index (χ2v) is 5.93. The third-order valence-electron chi connectivity index (χ3n) is 3.08. The summed E-state index contributed by atoms with van der Waals surface area (Å²) in [5, 5.41) is 6.35. The summed E-state index contributed by atoms with van der Waals surface area (Å²) in [6.45, 7) is 4.66. The molecule has 0 saturated heterocycles. The first kappa shape index (κ1) is 16.5. The van der Waals surface area contributed by atoms with Crippen LogP contribution in [0.4, 0.5) is 0 Å². The van der Waals surface area contributed by atoms with Crippen LogP contribution in [0.1, 0.15) is 27.0 Å². The van der Waals surface area contributed by atoms with Gasteiger partial charge in [-0.25, -0.2) is 0 Å². The number of nitrogens with one attached hydrogen (secondary N) is 2. The lowest BCUT2D eigenvalue weighted by atomic mass is 10.1. The molecule has 2 N–H and O–H groups in total. The van der Waals surface area contributed by atoms with Crippen molar-refractivity contribution in [1.29, 1.82) is 0 Å². The van der Waals surface area contributed by atoms with Crippen molar-refractivity contribution in [2.75, 3.05) is 0 Å². The summed E-state index contributed by atoms with van der Waals surface area (Å²) in [5.41, 5.74) is 3.91. The number of halogens is 1. The fourth-order valence-electron chi connectivity index (χ4n) is 2.21. The minimum Gasteiger partial charge on any atom is -0.358 e. The number of carbonyl (C=O) groups excluding carboxylic acids is 1. The van der Waals surface area contributed by atoms with E-state index in [1.807, 2.05) is 13.8 Å². The third-order valence-corrected chi connectivity index (χ3v) is 3.66. The molecule has 0 aliphatic rings. The van der Waals surface area contributed by atoms with Gasteiger partial charge in [-0.15, -0.1) is 0 Å². The summed E-state index contributed by atoms with van der Waals surface area (Å²) in [6.07, 6.45) is 0. The van der Waals surface area contributed by atoms with Gasteiger partial charge in [0.2, 0.25) is 0 Å². The van der Waals surface area contributed by atoms with Crippen molar-refractivity contribution >= 4 is 34.8 Å². The molecule has 0 spiro atoms. The fraction of sp³-hybridized carbons (Fsp3) is 0.176. The van der Waals surface area contributed by atoms with E-state index in [2.05, 4.69) is 28.8 Å². The highest BCUT2D eigenvalue weighted by molar-refractivity contribution is 7.80. The Morgan fingerprint density at radius 3 is 2.41 bits per heavy atom. The molecular formula is C17H17ClN2OS. The van der Waals surface area contributed by atoms with E-state index in [1.165, 1.54) is 11.1 Å². The van der Waals surface area contributed by atoms with Gasteiger partial charge in [-0.05, 0) is 43.8 Å². The van der Waals surface area contributed by atoms with Crippen molar-refractivity contribution < 1.29 is 4.79 Å². The largest absolute Gasteiger partial charge is 0.358 e. The fourth-order valence-corrected chi connectivity index (χ4v) is 2.60. The van der Waals surface area contributed by atoms with E-state index < -0.39 is 0 Å². The minimum absolute atomic E-state index is 0.282. The van der Waals surface area contributed by atoms with E-state index in [1.54, 1.807) is 24.3 Å². The zero-order chi connectivity index (χ0) is 16.1. The standard InChI is InChI=1S/C17H17ClN2OS/c1-11-7-12(2)9-13(8-11)10-19-17(22)20-16(21)14-5-3-4-6-15(14)18/h3-9H,10H2,1-2H3,(H2,19,20,21,22). The Morgan fingerprint density at radius 2 is 1.77 bits per heavy atom. The SMILES string of the molecule is Cc1cc(C)cc(CNC(=S)NC(=O)c2ccccc2Cl)c1. The Labute approximate surface area is 140 Å². The van der Waals surface area contributed by atoms with Gasteiger partial charge in [0.25, 0.3) is 5.91 Å². The smallest absolute Gasteiger partial charge is 0.258 e. The molecule has 1 amide bonds. The number of aryl methyl sites for hydroxylation is 2. The molecule has 2 aromatic rings. The zero-order valence-electron chi connectivity index (χ0n) is 12.4. The molecule has 114 valence electrons. The van der Waals surface area contributed by atoms with E-state index in [0.717, 1.165) is 5.56 Å². The predicted molar refractivity (Wildman–Crippen MR) is 94.3 cm³/mol. The molecule has 0 aromatic heterocycles. The van der Waals surface area contributed by atoms with E-state index in [-0.39, 0.29) is 11.0 Å². The maximum absolute atomic E-state index is 12.1. The van der Waals surface area contributed by atoms with Gasteiger partial charge in [-0.3, -0.25) is 10.1 Å². The van der Waals surface area contributed by atoms with Crippen molar-refractivity contribution in [3.05, 3.63) is 69.7 Å². The Bertz CT molecular complexity index is 695. The van der Waals surface area contributed by atoms with Gasteiger partial charge in [-0.1, -0.05) is 53.1 Å². The summed E-state index contributed by atoms with van der Waals surface area (Å²) in [7, 11) is 0. The highest BCUT2D eigenvalue weighted by Gasteiger charge is 2.10. The molecule has 0 atom stereocenters. The van der Waals surface area contributed by atoms with Crippen molar-refractivity contribution in [1.82, 2.24) is 10.6 Å². The van der Waals surface area contributed by atoms with Crippen molar-refractivity contribution in [2.45, 2.75) is 20.4 Å². The molecule has 0 bridgehead atoms. The van der Waals surface area contributed by atoms with E-state index in [9.17, 15) is 4.79 Å². The van der Waals surface area contributed by atoms with Gasteiger partial charge >= 0.3 is 0 Å². The van der Waals surface area contributed by atoms with Gasteiger partial charge in [0.15, 0.2) is 5.11 Å². The highest BCUT2D eigenvalue weighted by atomic mass is 35.5. The van der Waals surface area contributed by atoms with Crippen LogP contribution in [0.3, 0.4) is 0 Å². The van der Waals surface area contributed by atoms with Crippen molar-refractivity contribution in [2.24, 2.45) is 0 Å². The number of hydrogen-bond donors (Lipinski definition) is 2. The van der Waals surface area contributed by atoms with Crippen molar-refractivity contribution in [3.63, 3.8) is 0 Å². The second-order valence-electron chi connectivity index (χ2n) is 5.11. The molecule has 3 nitrogen and oxygen atoms in total. The van der Waals surface area contributed by atoms with Gasteiger partial charge in [0, 0.05) is 6.54 Å². The predicted octanol–water partition coefficient (Wildman–Crippen LogP) is 3.76. The average Bonchev–Trinajstić information content (AvgIpc) is 2.44. The number of benzene rings is 2. The highest BCUT2D eigenvalue weighted by Crippen LogP contribution is 2.14. The zero-order valence-corrected chi connectivity index (χ0v) is 14.0. The van der Waals surface area contributed by atoms with Gasteiger partial charge < -0.3 is 5.32 Å². The topological polar surface area (TPSA) is 41.1 Å². The van der Waals surface area contributed by atoms with Crippen LogP contribution in [-0.4, -0.2) is 11.0 Å². The molecule has 0 aliphatic carbocycles. The van der Waals surface area contributed by atoms with Crippen molar-refractivity contribution in [3.8, 4) is 0 Å². The normalized spacial score (nSPS) is 10.1. The van der Waals surface area contributed by atoms with Gasteiger partial charge in [0.05, 0.1) is 10.6 Å². The first-order valence-electron chi connectivity index (χ1n) is 6.86. The molecule has 0 unspecified atom stereocenters. The number of thiocarbonyl (C=S) groups is 1. The molecule has 0 fully saturated rings. The van der Waals surface area contributed by atoms with Crippen LogP contribution >= 0.6 is 23.8 Å².